The van der Waals surface area contributed by atoms with Crippen molar-refractivity contribution in [1.82, 2.24) is 5.32 Å². The van der Waals surface area contributed by atoms with Crippen molar-refractivity contribution in [1.29, 1.82) is 0 Å². The van der Waals surface area contributed by atoms with Gasteiger partial charge in [-0.25, -0.2) is 0 Å². The number of nitrogens with one attached hydrogen (secondary N) is 2. The molecule has 0 spiro atoms. The second kappa shape index (κ2) is 9.22. The summed E-state index contributed by atoms with van der Waals surface area (Å²) < 4.78 is 5.03. The summed E-state index contributed by atoms with van der Waals surface area (Å²) in [6, 6.07) is 7.05. The van der Waals surface area contributed by atoms with Crippen LogP contribution in [0, 0.1) is 0 Å². The Morgan fingerprint density at radius 2 is 1.85 bits per heavy atom. The highest BCUT2D eigenvalue weighted by atomic mass is 32.2. The SMILES string of the molecule is COc1ccc(NC(=O)CSCC(=O)NCCN)cc1. The van der Waals surface area contributed by atoms with Gasteiger partial charge >= 0.3 is 0 Å². The number of anilines is 1. The Balaban J connectivity index is 2.24. The predicted molar refractivity (Wildman–Crippen MR) is 81.0 cm³/mol. The fraction of sp³-hybridized carbons (Fsp3) is 0.385. The number of hydrogen-bond acceptors (Lipinski definition) is 5. The molecule has 0 aromatic heterocycles. The van der Waals surface area contributed by atoms with Crippen molar-refractivity contribution in [2.75, 3.05) is 37.0 Å². The Bertz CT molecular complexity index is 437. The summed E-state index contributed by atoms with van der Waals surface area (Å²) in [7, 11) is 1.58. The summed E-state index contributed by atoms with van der Waals surface area (Å²) in [4.78, 5) is 22.9. The van der Waals surface area contributed by atoms with Crippen LogP contribution in [0.2, 0.25) is 0 Å². The van der Waals surface area contributed by atoms with Crippen molar-refractivity contribution < 1.29 is 14.3 Å². The molecule has 0 atom stereocenters. The molecule has 0 heterocycles. The van der Waals surface area contributed by atoms with Gasteiger partial charge in [-0.05, 0) is 24.3 Å². The van der Waals surface area contributed by atoms with E-state index in [4.69, 9.17) is 10.5 Å². The number of methoxy groups -OCH3 is 1. The van der Waals surface area contributed by atoms with Crippen molar-refractivity contribution in [3.63, 3.8) is 0 Å². The largest absolute Gasteiger partial charge is 0.497 e. The van der Waals surface area contributed by atoms with Gasteiger partial charge in [-0.2, -0.15) is 0 Å². The first-order valence-electron chi connectivity index (χ1n) is 6.14. The Labute approximate surface area is 122 Å². The Morgan fingerprint density at radius 1 is 1.20 bits per heavy atom. The van der Waals surface area contributed by atoms with E-state index in [-0.39, 0.29) is 23.3 Å². The fourth-order valence-electron chi connectivity index (χ4n) is 1.37. The van der Waals surface area contributed by atoms with E-state index in [0.29, 0.717) is 18.8 Å². The van der Waals surface area contributed by atoms with Crippen LogP contribution in [0.1, 0.15) is 0 Å². The number of carbonyl (C=O) groups is 2. The molecule has 0 unspecified atom stereocenters. The van der Waals surface area contributed by atoms with E-state index >= 15 is 0 Å². The van der Waals surface area contributed by atoms with Crippen molar-refractivity contribution >= 4 is 29.3 Å². The van der Waals surface area contributed by atoms with Crippen LogP contribution < -0.4 is 21.1 Å². The highest BCUT2D eigenvalue weighted by Gasteiger charge is 2.05. The highest BCUT2D eigenvalue weighted by Crippen LogP contribution is 2.15. The zero-order valence-corrected chi connectivity index (χ0v) is 12.2. The molecular formula is C13H19N3O3S. The van der Waals surface area contributed by atoms with E-state index in [0.717, 1.165) is 5.75 Å². The van der Waals surface area contributed by atoms with Gasteiger partial charge in [-0.1, -0.05) is 0 Å². The Kier molecular flexibility index (Phi) is 7.52. The van der Waals surface area contributed by atoms with Gasteiger partial charge in [0, 0.05) is 18.8 Å². The molecule has 0 fully saturated rings. The van der Waals surface area contributed by atoms with E-state index in [1.54, 1.807) is 31.4 Å². The predicted octanol–water partition coefficient (Wildman–Crippen LogP) is 0.442. The van der Waals surface area contributed by atoms with Crippen LogP contribution in [-0.2, 0) is 9.59 Å². The number of ether oxygens (including phenoxy) is 1. The van der Waals surface area contributed by atoms with Gasteiger partial charge in [0.1, 0.15) is 5.75 Å². The maximum Gasteiger partial charge on any atom is 0.234 e. The molecule has 2 amide bonds. The van der Waals surface area contributed by atoms with Gasteiger partial charge in [0.25, 0.3) is 0 Å². The number of thioether (sulfide) groups is 1. The maximum atomic E-state index is 11.6. The smallest absolute Gasteiger partial charge is 0.234 e. The van der Waals surface area contributed by atoms with E-state index in [1.807, 2.05) is 0 Å². The summed E-state index contributed by atoms with van der Waals surface area (Å²) in [6.07, 6.45) is 0. The lowest BCUT2D eigenvalue weighted by Crippen LogP contribution is -2.30. The van der Waals surface area contributed by atoms with E-state index in [9.17, 15) is 9.59 Å². The minimum absolute atomic E-state index is 0.113. The molecule has 0 bridgehead atoms. The molecule has 0 saturated heterocycles. The first-order chi connectivity index (χ1) is 9.65. The molecule has 4 N–H and O–H groups in total. The van der Waals surface area contributed by atoms with Gasteiger partial charge < -0.3 is 21.1 Å². The average molecular weight is 297 g/mol. The van der Waals surface area contributed by atoms with E-state index in [1.165, 1.54) is 11.8 Å². The number of amides is 2. The molecule has 0 radical (unpaired) electrons. The van der Waals surface area contributed by atoms with Crippen molar-refractivity contribution in [2.24, 2.45) is 5.73 Å². The van der Waals surface area contributed by atoms with Gasteiger partial charge in [0.2, 0.25) is 11.8 Å². The van der Waals surface area contributed by atoms with Crippen LogP contribution in [0.5, 0.6) is 5.75 Å². The molecule has 0 aliphatic carbocycles. The lowest BCUT2D eigenvalue weighted by molar-refractivity contribution is -0.118. The second-order valence-corrected chi connectivity index (χ2v) is 4.89. The van der Waals surface area contributed by atoms with Gasteiger partial charge in [-0.15, -0.1) is 11.8 Å². The normalized spacial score (nSPS) is 9.90. The summed E-state index contributed by atoms with van der Waals surface area (Å²) in [6.45, 7) is 0.867. The van der Waals surface area contributed by atoms with Crippen molar-refractivity contribution in [3.05, 3.63) is 24.3 Å². The quantitative estimate of drug-likeness (QED) is 0.647. The molecule has 6 nitrogen and oxygen atoms in total. The van der Waals surface area contributed by atoms with Crippen molar-refractivity contribution in [2.45, 2.75) is 0 Å². The van der Waals surface area contributed by atoms with Crippen LogP contribution in [0.3, 0.4) is 0 Å². The topological polar surface area (TPSA) is 93.4 Å². The molecule has 1 rings (SSSR count). The summed E-state index contributed by atoms with van der Waals surface area (Å²) in [5, 5.41) is 5.38. The van der Waals surface area contributed by atoms with Crippen LogP contribution >= 0.6 is 11.8 Å². The summed E-state index contributed by atoms with van der Waals surface area (Å²) >= 11 is 1.26. The van der Waals surface area contributed by atoms with Crippen LogP contribution in [0.4, 0.5) is 5.69 Å². The third kappa shape index (κ3) is 6.44. The molecular weight excluding hydrogens is 278 g/mol. The van der Waals surface area contributed by atoms with Crippen LogP contribution in [-0.4, -0.2) is 43.5 Å². The first-order valence-corrected chi connectivity index (χ1v) is 7.29. The van der Waals surface area contributed by atoms with E-state index in [2.05, 4.69) is 10.6 Å². The molecule has 0 saturated carbocycles. The van der Waals surface area contributed by atoms with Crippen LogP contribution in [0.15, 0.2) is 24.3 Å². The molecule has 7 heteroatoms. The lowest BCUT2D eigenvalue weighted by Gasteiger charge is -2.06. The molecule has 110 valence electrons. The third-order valence-corrected chi connectivity index (χ3v) is 3.24. The number of nitrogens with two attached hydrogens (primary N) is 1. The fourth-order valence-corrected chi connectivity index (χ4v) is 2.02. The van der Waals surface area contributed by atoms with E-state index < -0.39 is 0 Å². The number of benzene rings is 1. The van der Waals surface area contributed by atoms with Gasteiger partial charge in [-0.3, -0.25) is 9.59 Å². The number of hydrogen-bond donors (Lipinski definition) is 3. The van der Waals surface area contributed by atoms with Gasteiger partial charge in [0.05, 0.1) is 18.6 Å². The minimum atomic E-state index is -0.146. The Morgan fingerprint density at radius 3 is 2.45 bits per heavy atom. The zero-order valence-electron chi connectivity index (χ0n) is 11.3. The molecule has 20 heavy (non-hydrogen) atoms. The standard InChI is InChI=1S/C13H19N3O3S/c1-19-11-4-2-10(3-5-11)16-13(18)9-20-8-12(17)15-7-6-14/h2-5H,6-9,14H2,1H3,(H,15,17)(H,16,18). The molecule has 1 aromatic rings. The van der Waals surface area contributed by atoms with Crippen molar-refractivity contribution in [3.8, 4) is 5.75 Å². The summed E-state index contributed by atoms with van der Waals surface area (Å²) in [5.41, 5.74) is 5.96. The monoisotopic (exact) mass is 297 g/mol. The lowest BCUT2D eigenvalue weighted by atomic mass is 10.3. The number of carbonyl (C=O) groups excluding carboxylic acids is 2. The van der Waals surface area contributed by atoms with Gasteiger partial charge in [0.15, 0.2) is 0 Å². The summed E-state index contributed by atoms with van der Waals surface area (Å²) in [5.74, 6) is 0.941. The average Bonchev–Trinajstić information content (AvgIpc) is 2.46. The van der Waals surface area contributed by atoms with Crippen LogP contribution in [0.25, 0.3) is 0 Å². The zero-order chi connectivity index (χ0) is 14.8. The third-order valence-electron chi connectivity index (χ3n) is 2.31. The minimum Gasteiger partial charge on any atom is -0.497 e. The highest BCUT2D eigenvalue weighted by molar-refractivity contribution is 8.00. The second-order valence-electron chi connectivity index (χ2n) is 3.91. The first kappa shape index (κ1) is 16.3. The molecule has 0 aliphatic rings. The Hall–Kier alpha value is -1.73. The molecule has 1 aromatic carbocycles. The molecule has 0 aliphatic heterocycles. The maximum absolute atomic E-state index is 11.6. The number of rotatable bonds is 8.